The third kappa shape index (κ3) is 6.28. The number of aromatic nitrogens is 4. The molecule has 8 heteroatoms. The second kappa shape index (κ2) is 11.1. The number of ether oxygens (including phenoxy) is 2. The Labute approximate surface area is 182 Å². The molecule has 1 aromatic heterocycles. The minimum atomic E-state index is -0.166. The third-order valence-electron chi connectivity index (χ3n) is 4.70. The van der Waals surface area contributed by atoms with Crippen molar-refractivity contribution in [3.63, 3.8) is 0 Å². The Bertz CT molecular complexity index is 985. The highest BCUT2D eigenvalue weighted by Gasteiger charge is 2.10. The van der Waals surface area contributed by atoms with Crippen molar-refractivity contribution in [1.82, 2.24) is 25.5 Å². The first-order valence-corrected chi connectivity index (χ1v) is 10.6. The fraction of sp³-hybridized carbons (Fsp3) is 0.391. The van der Waals surface area contributed by atoms with Crippen molar-refractivity contribution in [3.05, 3.63) is 53.6 Å². The lowest BCUT2D eigenvalue weighted by Crippen LogP contribution is -2.30. The molecule has 0 aliphatic rings. The highest BCUT2D eigenvalue weighted by Crippen LogP contribution is 2.28. The summed E-state index contributed by atoms with van der Waals surface area (Å²) < 4.78 is 11.2. The molecule has 3 rings (SSSR count). The van der Waals surface area contributed by atoms with Gasteiger partial charge in [-0.2, -0.15) is 4.80 Å². The number of aryl methyl sites for hydroxylation is 1. The summed E-state index contributed by atoms with van der Waals surface area (Å²) in [5.41, 5.74) is 3.18. The Balaban J connectivity index is 1.50. The van der Waals surface area contributed by atoms with Crippen molar-refractivity contribution in [2.75, 3.05) is 19.8 Å². The number of tetrazole rings is 1. The number of hydrogen-bond acceptors (Lipinski definition) is 6. The molecule has 0 spiro atoms. The Morgan fingerprint density at radius 1 is 0.968 bits per heavy atom. The molecule has 3 aromatic rings. The van der Waals surface area contributed by atoms with Gasteiger partial charge in [0.1, 0.15) is 6.54 Å². The number of nitrogens with zero attached hydrogens (tertiary/aromatic N) is 4. The summed E-state index contributed by atoms with van der Waals surface area (Å²) in [7, 11) is 0. The lowest BCUT2D eigenvalue weighted by atomic mass is 10.1. The summed E-state index contributed by atoms with van der Waals surface area (Å²) in [5, 5.41) is 15.2. The number of benzene rings is 2. The molecular formula is C23H29N5O3. The smallest absolute Gasteiger partial charge is 0.243 e. The van der Waals surface area contributed by atoms with Gasteiger partial charge in [-0.15, -0.1) is 10.2 Å². The van der Waals surface area contributed by atoms with Crippen LogP contribution in [0, 0.1) is 0 Å². The lowest BCUT2D eigenvalue weighted by Gasteiger charge is -2.12. The summed E-state index contributed by atoms with van der Waals surface area (Å²) in [5.74, 6) is 1.79. The quantitative estimate of drug-likeness (QED) is 0.510. The van der Waals surface area contributed by atoms with Gasteiger partial charge in [0.2, 0.25) is 11.7 Å². The first-order chi connectivity index (χ1) is 15.1. The van der Waals surface area contributed by atoms with Crippen molar-refractivity contribution >= 4 is 5.91 Å². The van der Waals surface area contributed by atoms with Crippen molar-refractivity contribution in [2.24, 2.45) is 0 Å². The van der Waals surface area contributed by atoms with E-state index in [1.54, 1.807) is 0 Å². The highest BCUT2D eigenvalue weighted by atomic mass is 16.5. The number of hydrogen-bond donors (Lipinski definition) is 1. The van der Waals surface area contributed by atoms with Crippen LogP contribution in [0.1, 0.15) is 31.9 Å². The predicted octanol–water partition coefficient (Wildman–Crippen LogP) is 3.06. The molecule has 31 heavy (non-hydrogen) atoms. The van der Waals surface area contributed by atoms with Crippen molar-refractivity contribution in [3.8, 4) is 22.9 Å². The topological polar surface area (TPSA) is 91.2 Å². The van der Waals surface area contributed by atoms with Crippen molar-refractivity contribution < 1.29 is 14.3 Å². The molecule has 0 aliphatic heterocycles. The molecule has 1 N–H and O–H groups in total. The zero-order valence-electron chi connectivity index (χ0n) is 18.3. The van der Waals surface area contributed by atoms with Gasteiger partial charge in [0.15, 0.2) is 11.5 Å². The van der Waals surface area contributed by atoms with Crippen LogP contribution >= 0.6 is 0 Å². The standard InChI is InChI=1S/C23H29N5O3/c1-4-17-7-10-19(11-8-17)23-25-27-28(26-23)16-22(29)24-14-13-18-9-12-20(30-5-2)21(15-18)31-6-3/h7-12,15H,4-6,13-14,16H2,1-3H3,(H,24,29). The molecule has 1 heterocycles. The van der Waals surface area contributed by atoms with E-state index < -0.39 is 0 Å². The molecule has 0 bridgehead atoms. The molecular weight excluding hydrogens is 394 g/mol. The van der Waals surface area contributed by atoms with Crippen LogP contribution in [0.5, 0.6) is 11.5 Å². The van der Waals surface area contributed by atoms with Crippen LogP contribution in [0.3, 0.4) is 0 Å². The minimum absolute atomic E-state index is 0.0213. The van der Waals surface area contributed by atoms with Crippen molar-refractivity contribution in [2.45, 2.75) is 40.2 Å². The van der Waals surface area contributed by atoms with E-state index in [-0.39, 0.29) is 12.5 Å². The average Bonchev–Trinajstić information content (AvgIpc) is 3.24. The molecule has 0 fully saturated rings. The largest absolute Gasteiger partial charge is 0.490 e. The Morgan fingerprint density at radius 3 is 2.39 bits per heavy atom. The Kier molecular flexibility index (Phi) is 7.98. The molecule has 1 amide bonds. The molecule has 164 valence electrons. The number of carbonyl (C=O) groups excluding carboxylic acids is 1. The number of carbonyl (C=O) groups is 1. The minimum Gasteiger partial charge on any atom is -0.490 e. The van der Waals surface area contributed by atoms with Gasteiger partial charge in [-0.1, -0.05) is 37.3 Å². The van der Waals surface area contributed by atoms with Crippen LogP contribution in [-0.2, 0) is 24.2 Å². The third-order valence-corrected chi connectivity index (χ3v) is 4.70. The highest BCUT2D eigenvalue weighted by molar-refractivity contribution is 5.75. The fourth-order valence-electron chi connectivity index (χ4n) is 3.10. The van der Waals surface area contributed by atoms with Gasteiger partial charge in [-0.05, 0) is 55.2 Å². The van der Waals surface area contributed by atoms with E-state index in [0.29, 0.717) is 32.0 Å². The summed E-state index contributed by atoms with van der Waals surface area (Å²) in [6, 6.07) is 13.9. The zero-order chi connectivity index (χ0) is 22.1. The molecule has 0 unspecified atom stereocenters. The van der Waals surface area contributed by atoms with Crippen LogP contribution < -0.4 is 14.8 Å². The maximum Gasteiger partial charge on any atom is 0.243 e. The van der Waals surface area contributed by atoms with Gasteiger partial charge in [0.05, 0.1) is 13.2 Å². The Morgan fingerprint density at radius 2 is 1.68 bits per heavy atom. The van der Waals surface area contributed by atoms with E-state index in [4.69, 9.17) is 9.47 Å². The normalized spacial score (nSPS) is 10.7. The van der Waals surface area contributed by atoms with Crippen molar-refractivity contribution in [1.29, 1.82) is 0 Å². The lowest BCUT2D eigenvalue weighted by molar-refractivity contribution is -0.122. The van der Waals surface area contributed by atoms with Gasteiger partial charge in [-0.25, -0.2) is 0 Å². The number of rotatable bonds is 11. The van der Waals surface area contributed by atoms with E-state index in [9.17, 15) is 4.79 Å². The molecule has 0 saturated heterocycles. The van der Waals surface area contributed by atoms with Gasteiger partial charge < -0.3 is 14.8 Å². The molecule has 0 atom stereocenters. The maximum absolute atomic E-state index is 12.3. The second-order valence-corrected chi connectivity index (χ2v) is 6.94. The number of amides is 1. The van der Waals surface area contributed by atoms with Gasteiger partial charge in [-0.3, -0.25) is 4.79 Å². The van der Waals surface area contributed by atoms with E-state index in [2.05, 4.69) is 27.7 Å². The summed E-state index contributed by atoms with van der Waals surface area (Å²) in [6.45, 7) is 7.65. The first-order valence-electron chi connectivity index (χ1n) is 10.6. The van der Waals surface area contributed by atoms with Crippen LogP contribution in [0.25, 0.3) is 11.4 Å². The number of nitrogens with one attached hydrogen (secondary N) is 1. The van der Waals surface area contributed by atoms with Crippen LogP contribution in [0.2, 0.25) is 0 Å². The second-order valence-electron chi connectivity index (χ2n) is 6.94. The maximum atomic E-state index is 12.3. The summed E-state index contributed by atoms with van der Waals surface area (Å²) in [6.07, 6.45) is 1.65. The zero-order valence-corrected chi connectivity index (χ0v) is 18.3. The van der Waals surface area contributed by atoms with E-state index in [1.807, 2.05) is 56.3 Å². The Hall–Kier alpha value is -3.42. The van der Waals surface area contributed by atoms with E-state index in [1.165, 1.54) is 10.4 Å². The molecule has 0 aliphatic carbocycles. The van der Waals surface area contributed by atoms with Gasteiger partial charge >= 0.3 is 0 Å². The molecule has 0 radical (unpaired) electrons. The average molecular weight is 424 g/mol. The SMILES string of the molecule is CCOc1ccc(CCNC(=O)Cn2nnc(-c3ccc(CC)cc3)n2)cc1OCC. The summed E-state index contributed by atoms with van der Waals surface area (Å²) >= 11 is 0. The molecule has 2 aromatic carbocycles. The van der Waals surface area contributed by atoms with E-state index in [0.717, 1.165) is 29.0 Å². The van der Waals surface area contributed by atoms with Crippen LogP contribution in [0.15, 0.2) is 42.5 Å². The molecule has 0 saturated carbocycles. The fourth-order valence-corrected chi connectivity index (χ4v) is 3.10. The van der Waals surface area contributed by atoms with Crippen LogP contribution in [-0.4, -0.2) is 45.9 Å². The first kappa shape index (κ1) is 22.3. The summed E-state index contributed by atoms with van der Waals surface area (Å²) in [4.78, 5) is 13.6. The predicted molar refractivity (Wildman–Crippen MR) is 118 cm³/mol. The van der Waals surface area contributed by atoms with Crippen LogP contribution in [0.4, 0.5) is 0 Å². The molecule has 8 nitrogen and oxygen atoms in total. The van der Waals surface area contributed by atoms with Gasteiger partial charge in [0.25, 0.3) is 0 Å². The van der Waals surface area contributed by atoms with Gasteiger partial charge in [0, 0.05) is 12.1 Å². The monoisotopic (exact) mass is 423 g/mol. The van der Waals surface area contributed by atoms with E-state index >= 15 is 0 Å².